The van der Waals surface area contributed by atoms with E-state index in [2.05, 4.69) is 11.7 Å². The third-order valence-electron chi connectivity index (χ3n) is 1.34. The molecule has 4 nitrogen and oxygen atoms in total. The van der Waals surface area contributed by atoms with Crippen LogP contribution in [0.15, 0.2) is 12.7 Å². The summed E-state index contributed by atoms with van der Waals surface area (Å²) in [6, 6.07) is 0. The topological polar surface area (TPSA) is 48.8 Å². The Morgan fingerprint density at radius 2 is 2.45 bits per heavy atom. The Labute approximate surface area is 69.9 Å². The molecule has 0 spiro atoms. The van der Waals surface area contributed by atoms with Gasteiger partial charge in [-0.1, -0.05) is 6.08 Å². The van der Waals surface area contributed by atoms with Gasteiger partial charge in [-0.05, 0) is 19.1 Å². The minimum Gasteiger partial charge on any atom is -0.335 e. The van der Waals surface area contributed by atoms with Crippen LogP contribution >= 0.6 is 12.2 Å². The molecule has 0 aliphatic heterocycles. The molecular formula is C6H10N4S. The number of nitrogen functional groups attached to an aromatic ring is 1. The summed E-state index contributed by atoms with van der Waals surface area (Å²) in [6.07, 6.45) is 1.72. The van der Waals surface area contributed by atoms with E-state index >= 15 is 0 Å². The lowest BCUT2D eigenvalue weighted by Gasteiger charge is -1.91. The average molecular weight is 170 g/mol. The van der Waals surface area contributed by atoms with Crippen LogP contribution in [0.3, 0.4) is 0 Å². The average Bonchev–Trinajstić information content (AvgIpc) is 2.19. The zero-order valence-electron chi connectivity index (χ0n) is 6.32. The van der Waals surface area contributed by atoms with E-state index in [0.29, 0.717) is 17.1 Å². The summed E-state index contributed by atoms with van der Waals surface area (Å²) in [5.74, 6) is 6.23. The predicted octanol–water partition coefficient (Wildman–Crippen LogP) is 0.622. The van der Waals surface area contributed by atoms with E-state index in [1.54, 1.807) is 17.7 Å². The molecule has 0 unspecified atom stereocenters. The van der Waals surface area contributed by atoms with Crippen molar-refractivity contribution >= 4 is 12.2 Å². The number of rotatable bonds is 2. The van der Waals surface area contributed by atoms with Crippen molar-refractivity contribution in [2.24, 2.45) is 0 Å². The molecule has 5 heteroatoms. The Bertz CT molecular complexity index is 322. The van der Waals surface area contributed by atoms with Crippen molar-refractivity contribution in [1.29, 1.82) is 0 Å². The smallest absolute Gasteiger partial charge is 0.217 e. The highest BCUT2D eigenvalue weighted by Gasteiger charge is 2.00. The maximum absolute atomic E-state index is 5.53. The molecule has 0 atom stereocenters. The molecule has 1 aromatic heterocycles. The standard InChI is InChI=1S/C6H10N4S/c1-3-4-9-6(11)10(7)5(2)8-9/h3H,1,4,7H2,2H3. The molecule has 0 amide bonds. The van der Waals surface area contributed by atoms with Gasteiger partial charge < -0.3 is 5.84 Å². The van der Waals surface area contributed by atoms with Gasteiger partial charge in [-0.25, -0.2) is 9.36 Å². The molecule has 60 valence electrons. The van der Waals surface area contributed by atoms with Crippen molar-refractivity contribution < 1.29 is 0 Å². The fourth-order valence-electron chi connectivity index (χ4n) is 0.770. The number of aryl methyl sites for hydroxylation is 1. The van der Waals surface area contributed by atoms with Crippen LogP contribution in [0.25, 0.3) is 0 Å². The van der Waals surface area contributed by atoms with Gasteiger partial charge in [0, 0.05) is 0 Å². The van der Waals surface area contributed by atoms with Crippen LogP contribution in [-0.2, 0) is 6.54 Å². The van der Waals surface area contributed by atoms with Crippen LogP contribution in [0, 0.1) is 11.7 Å². The molecule has 0 aromatic carbocycles. The van der Waals surface area contributed by atoms with Crippen molar-refractivity contribution in [3.63, 3.8) is 0 Å². The van der Waals surface area contributed by atoms with Crippen molar-refractivity contribution in [1.82, 2.24) is 14.5 Å². The van der Waals surface area contributed by atoms with Gasteiger partial charge in [0.25, 0.3) is 0 Å². The Morgan fingerprint density at radius 3 is 2.82 bits per heavy atom. The minimum atomic E-state index is 0.516. The molecule has 0 radical (unpaired) electrons. The maximum atomic E-state index is 5.53. The van der Waals surface area contributed by atoms with Gasteiger partial charge in [-0.3, -0.25) is 0 Å². The monoisotopic (exact) mass is 170 g/mol. The molecule has 0 aliphatic rings. The Morgan fingerprint density at radius 1 is 1.82 bits per heavy atom. The Hall–Kier alpha value is -1.10. The van der Waals surface area contributed by atoms with Crippen LogP contribution in [-0.4, -0.2) is 14.5 Å². The quantitative estimate of drug-likeness (QED) is 0.402. The molecule has 1 aromatic rings. The number of hydrogen-bond acceptors (Lipinski definition) is 3. The predicted molar refractivity (Wildman–Crippen MR) is 46.1 cm³/mol. The van der Waals surface area contributed by atoms with Gasteiger partial charge in [0.05, 0.1) is 6.54 Å². The summed E-state index contributed by atoms with van der Waals surface area (Å²) in [7, 11) is 0. The fraction of sp³-hybridized carbons (Fsp3) is 0.333. The zero-order valence-corrected chi connectivity index (χ0v) is 7.14. The largest absolute Gasteiger partial charge is 0.335 e. The molecular weight excluding hydrogens is 160 g/mol. The molecule has 0 saturated heterocycles. The second-order valence-corrected chi connectivity index (χ2v) is 2.54. The van der Waals surface area contributed by atoms with Gasteiger partial charge in [0.1, 0.15) is 5.82 Å². The summed E-state index contributed by atoms with van der Waals surface area (Å²) in [4.78, 5) is 0. The van der Waals surface area contributed by atoms with E-state index in [9.17, 15) is 0 Å². The maximum Gasteiger partial charge on any atom is 0.217 e. The van der Waals surface area contributed by atoms with E-state index in [1.165, 1.54) is 4.68 Å². The molecule has 0 aliphatic carbocycles. The summed E-state index contributed by atoms with van der Waals surface area (Å²) < 4.78 is 3.51. The molecule has 1 rings (SSSR count). The molecule has 11 heavy (non-hydrogen) atoms. The number of allylic oxidation sites excluding steroid dienone is 1. The SMILES string of the molecule is C=CCn1nc(C)n(N)c1=S. The normalized spacial score (nSPS) is 9.91. The number of nitrogens with zero attached hydrogens (tertiary/aromatic N) is 3. The van der Waals surface area contributed by atoms with E-state index in [0.717, 1.165) is 0 Å². The first-order valence-corrected chi connectivity index (χ1v) is 3.60. The van der Waals surface area contributed by atoms with Crippen LogP contribution in [0.2, 0.25) is 0 Å². The van der Waals surface area contributed by atoms with E-state index in [4.69, 9.17) is 18.1 Å². The fourth-order valence-corrected chi connectivity index (χ4v) is 1.02. The highest BCUT2D eigenvalue weighted by atomic mass is 32.1. The summed E-state index contributed by atoms with van der Waals surface area (Å²) in [5, 5.41) is 4.08. The second kappa shape index (κ2) is 2.87. The lowest BCUT2D eigenvalue weighted by molar-refractivity contribution is 0.681. The highest BCUT2D eigenvalue weighted by Crippen LogP contribution is 1.94. The molecule has 2 N–H and O–H groups in total. The van der Waals surface area contributed by atoms with Gasteiger partial charge in [0.15, 0.2) is 0 Å². The molecule has 0 saturated carbocycles. The lowest BCUT2D eigenvalue weighted by Crippen LogP contribution is -2.10. The second-order valence-electron chi connectivity index (χ2n) is 2.17. The van der Waals surface area contributed by atoms with Crippen molar-refractivity contribution in [2.75, 3.05) is 5.84 Å². The third kappa shape index (κ3) is 1.32. The summed E-state index contributed by atoms with van der Waals surface area (Å²) in [5.41, 5.74) is 0. The van der Waals surface area contributed by atoms with Gasteiger partial charge in [-0.2, -0.15) is 5.10 Å². The van der Waals surface area contributed by atoms with Gasteiger partial charge >= 0.3 is 0 Å². The van der Waals surface area contributed by atoms with E-state index in [1.807, 2.05) is 0 Å². The van der Waals surface area contributed by atoms with Crippen molar-refractivity contribution in [2.45, 2.75) is 13.5 Å². The first kappa shape index (κ1) is 8.00. The van der Waals surface area contributed by atoms with Crippen molar-refractivity contribution in [3.8, 4) is 0 Å². The van der Waals surface area contributed by atoms with E-state index in [-0.39, 0.29) is 0 Å². The third-order valence-corrected chi connectivity index (χ3v) is 1.75. The Balaban J connectivity index is 3.18. The number of hydrogen-bond donors (Lipinski definition) is 1. The molecule has 0 bridgehead atoms. The van der Waals surface area contributed by atoms with Crippen LogP contribution < -0.4 is 5.84 Å². The summed E-state index contributed by atoms with van der Waals surface area (Å²) >= 11 is 4.97. The van der Waals surface area contributed by atoms with E-state index < -0.39 is 0 Å². The van der Waals surface area contributed by atoms with Gasteiger partial charge in [0.2, 0.25) is 4.77 Å². The summed E-state index contributed by atoms with van der Waals surface area (Å²) in [6.45, 7) is 5.98. The number of nitrogens with two attached hydrogens (primary N) is 1. The molecule has 0 fully saturated rings. The van der Waals surface area contributed by atoms with Crippen LogP contribution in [0.4, 0.5) is 0 Å². The first-order chi connectivity index (χ1) is 5.16. The van der Waals surface area contributed by atoms with Crippen molar-refractivity contribution in [3.05, 3.63) is 23.3 Å². The first-order valence-electron chi connectivity index (χ1n) is 3.19. The molecule has 1 heterocycles. The lowest BCUT2D eigenvalue weighted by atomic mass is 10.6. The number of aromatic nitrogens is 3. The minimum absolute atomic E-state index is 0.516. The highest BCUT2D eigenvalue weighted by molar-refractivity contribution is 7.71. The Kier molecular flexibility index (Phi) is 2.09. The van der Waals surface area contributed by atoms with Gasteiger partial charge in [-0.15, -0.1) is 6.58 Å². The van der Waals surface area contributed by atoms with Crippen LogP contribution in [0.1, 0.15) is 5.82 Å². The van der Waals surface area contributed by atoms with Crippen LogP contribution in [0.5, 0.6) is 0 Å². The zero-order chi connectivity index (χ0) is 8.43.